The van der Waals surface area contributed by atoms with Crippen LogP contribution in [0.15, 0.2) is 53.6 Å². The summed E-state index contributed by atoms with van der Waals surface area (Å²) < 4.78 is 24.1. The lowest BCUT2D eigenvalue weighted by molar-refractivity contribution is -0.141. The van der Waals surface area contributed by atoms with E-state index >= 15 is 0 Å². The molecule has 12 nitrogen and oxygen atoms in total. The topological polar surface area (TPSA) is 132 Å². The van der Waals surface area contributed by atoms with Gasteiger partial charge in [0.2, 0.25) is 0 Å². The molecule has 4 heterocycles. The van der Waals surface area contributed by atoms with Crippen molar-refractivity contribution in [3.05, 3.63) is 75.8 Å². The molecule has 0 saturated carbocycles. The van der Waals surface area contributed by atoms with Gasteiger partial charge in [0.1, 0.15) is 35.6 Å². The molecular weight excluding hydrogens is 564 g/mol. The van der Waals surface area contributed by atoms with Gasteiger partial charge in [-0.1, -0.05) is 12.1 Å². The number of carbonyl (C=O) groups excluding carboxylic acids is 1. The van der Waals surface area contributed by atoms with E-state index in [1.807, 2.05) is 35.2 Å². The predicted molar refractivity (Wildman–Crippen MR) is 162 cm³/mol. The second-order valence-corrected chi connectivity index (χ2v) is 11.0. The van der Waals surface area contributed by atoms with Crippen LogP contribution in [0.1, 0.15) is 36.0 Å². The molecule has 2 saturated heterocycles. The first-order valence-corrected chi connectivity index (χ1v) is 14.8. The van der Waals surface area contributed by atoms with Crippen LogP contribution < -0.4 is 19.9 Å². The van der Waals surface area contributed by atoms with Crippen molar-refractivity contribution >= 4 is 11.7 Å². The fourth-order valence-corrected chi connectivity index (χ4v) is 5.65. The standard InChI is InChI=1S/C32H38N6O6/c1-22-29(18-35-38(31(22)39)19-23-4-7-26(42-3)8-5-23)44-27(20-41-2)21-43-28-12-15-37(32(28)40)25-10-13-36(14-11-25)30-9-6-24(16-33)17-34-30/h4-9,17-18,25,27-28H,10-15,19-21H2,1-3H3/t27-,28?/m0/s1. The average Bonchev–Trinajstić information content (AvgIpc) is 3.43. The zero-order valence-electron chi connectivity index (χ0n) is 25.3. The summed E-state index contributed by atoms with van der Waals surface area (Å²) in [4.78, 5) is 34.9. The van der Waals surface area contributed by atoms with Crippen LogP contribution in [0.4, 0.5) is 5.82 Å². The van der Waals surface area contributed by atoms with Gasteiger partial charge >= 0.3 is 0 Å². The van der Waals surface area contributed by atoms with Crippen LogP contribution in [-0.2, 0) is 20.8 Å². The summed E-state index contributed by atoms with van der Waals surface area (Å²) >= 11 is 0. The summed E-state index contributed by atoms with van der Waals surface area (Å²) in [5, 5.41) is 13.3. The van der Waals surface area contributed by atoms with Crippen molar-refractivity contribution in [1.29, 1.82) is 5.26 Å². The summed E-state index contributed by atoms with van der Waals surface area (Å²) in [7, 11) is 3.17. The second kappa shape index (κ2) is 14.3. The number of pyridine rings is 1. The number of likely N-dealkylation sites (tertiary alicyclic amines) is 1. The number of methoxy groups -OCH3 is 2. The van der Waals surface area contributed by atoms with Gasteiger partial charge in [-0.25, -0.2) is 9.67 Å². The first-order valence-electron chi connectivity index (χ1n) is 14.8. The number of carbonyl (C=O) groups is 1. The molecule has 0 spiro atoms. The van der Waals surface area contributed by atoms with Gasteiger partial charge in [0, 0.05) is 45.4 Å². The van der Waals surface area contributed by atoms with Crippen molar-refractivity contribution in [1.82, 2.24) is 19.7 Å². The number of ether oxygens (including phenoxy) is 4. The van der Waals surface area contributed by atoms with Gasteiger partial charge < -0.3 is 28.7 Å². The van der Waals surface area contributed by atoms with Crippen molar-refractivity contribution in [2.45, 2.75) is 51.0 Å². The SMILES string of the molecule is COC[C@@H](COC1CCN(C2CCN(c3ccc(C#N)cn3)CC2)C1=O)Oc1cnn(Cc2ccc(OC)cc2)c(=O)c1C. The number of hydrogen-bond donors (Lipinski definition) is 0. The highest BCUT2D eigenvalue weighted by Crippen LogP contribution is 2.26. The maximum Gasteiger partial charge on any atom is 0.273 e. The average molecular weight is 603 g/mol. The second-order valence-electron chi connectivity index (χ2n) is 11.0. The minimum absolute atomic E-state index is 0.00454. The minimum atomic E-state index is -0.548. The smallest absolute Gasteiger partial charge is 0.273 e. The number of nitrogens with zero attached hydrogens (tertiary/aromatic N) is 6. The van der Waals surface area contributed by atoms with Gasteiger partial charge in [-0.15, -0.1) is 0 Å². The number of piperidine rings is 1. The van der Waals surface area contributed by atoms with E-state index in [4.69, 9.17) is 24.2 Å². The molecule has 2 atom stereocenters. The van der Waals surface area contributed by atoms with E-state index in [0.717, 1.165) is 43.1 Å². The quantitative estimate of drug-likeness (QED) is 0.305. The minimum Gasteiger partial charge on any atom is -0.497 e. The summed E-state index contributed by atoms with van der Waals surface area (Å²) in [6.45, 7) is 4.60. The Morgan fingerprint density at radius 1 is 1.00 bits per heavy atom. The number of rotatable bonds is 12. The van der Waals surface area contributed by atoms with E-state index in [0.29, 0.717) is 36.4 Å². The van der Waals surface area contributed by atoms with Crippen molar-refractivity contribution in [3.63, 3.8) is 0 Å². The van der Waals surface area contributed by atoms with Crippen molar-refractivity contribution < 1.29 is 23.7 Å². The van der Waals surface area contributed by atoms with E-state index in [2.05, 4.69) is 21.1 Å². The summed E-state index contributed by atoms with van der Waals surface area (Å²) in [6, 6.07) is 13.3. The van der Waals surface area contributed by atoms with Crippen LogP contribution in [0, 0.1) is 18.3 Å². The lowest BCUT2D eigenvalue weighted by Gasteiger charge is -2.37. The summed E-state index contributed by atoms with van der Waals surface area (Å²) in [6.07, 6.45) is 4.33. The molecule has 3 aromatic rings. The Morgan fingerprint density at radius 3 is 2.43 bits per heavy atom. The first kappa shape index (κ1) is 31.0. The molecule has 44 heavy (non-hydrogen) atoms. The highest BCUT2D eigenvalue weighted by molar-refractivity contribution is 5.83. The van der Waals surface area contributed by atoms with Gasteiger partial charge in [-0.2, -0.15) is 10.4 Å². The fraction of sp³-hybridized carbons (Fsp3) is 0.469. The molecule has 1 unspecified atom stereocenters. The number of aromatic nitrogens is 3. The molecule has 2 aliphatic heterocycles. The van der Waals surface area contributed by atoms with Gasteiger partial charge in [0.15, 0.2) is 0 Å². The molecular formula is C32H38N6O6. The van der Waals surface area contributed by atoms with Crippen LogP contribution in [-0.4, -0.2) is 90.9 Å². The monoisotopic (exact) mass is 602 g/mol. The molecule has 2 aromatic heterocycles. The summed E-state index contributed by atoms with van der Waals surface area (Å²) in [5.74, 6) is 1.94. The van der Waals surface area contributed by atoms with Crippen molar-refractivity contribution in [2.75, 3.05) is 52.0 Å². The third kappa shape index (κ3) is 7.18. The van der Waals surface area contributed by atoms with Gasteiger partial charge in [-0.05, 0) is 49.6 Å². The highest BCUT2D eigenvalue weighted by Gasteiger charge is 2.38. The highest BCUT2D eigenvalue weighted by atomic mass is 16.6. The van der Waals surface area contributed by atoms with E-state index in [1.54, 1.807) is 33.4 Å². The van der Waals surface area contributed by atoms with Gasteiger partial charge in [-0.3, -0.25) is 9.59 Å². The maximum absolute atomic E-state index is 13.3. The number of benzene rings is 1. The van der Waals surface area contributed by atoms with Crippen LogP contribution in [0.5, 0.6) is 11.5 Å². The van der Waals surface area contributed by atoms with Crippen LogP contribution in [0.2, 0.25) is 0 Å². The molecule has 12 heteroatoms. The van der Waals surface area contributed by atoms with Crippen LogP contribution in [0.3, 0.4) is 0 Å². The third-order valence-electron chi connectivity index (χ3n) is 8.16. The van der Waals surface area contributed by atoms with Crippen molar-refractivity contribution in [3.8, 4) is 17.6 Å². The molecule has 0 bridgehead atoms. The summed E-state index contributed by atoms with van der Waals surface area (Å²) in [5.41, 5.74) is 1.64. The Morgan fingerprint density at radius 2 is 1.77 bits per heavy atom. The van der Waals surface area contributed by atoms with E-state index in [1.165, 1.54) is 10.9 Å². The zero-order chi connectivity index (χ0) is 31.1. The largest absolute Gasteiger partial charge is 0.497 e. The molecule has 232 valence electrons. The molecule has 0 aliphatic carbocycles. The molecule has 0 radical (unpaired) electrons. The van der Waals surface area contributed by atoms with Crippen LogP contribution >= 0.6 is 0 Å². The normalized spacial score (nSPS) is 17.9. The molecule has 2 fully saturated rings. The number of hydrogen-bond acceptors (Lipinski definition) is 10. The van der Waals surface area contributed by atoms with E-state index in [9.17, 15) is 9.59 Å². The van der Waals surface area contributed by atoms with Crippen LogP contribution in [0.25, 0.3) is 0 Å². The predicted octanol–water partition coefficient (Wildman–Crippen LogP) is 2.56. The lowest BCUT2D eigenvalue weighted by Crippen LogP contribution is -2.47. The number of amides is 1. The Balaban J connectivity index is 1.13. The number of anilines is 1. The molecule has 0 N–H and O–H groups in total. The number of nitriles is 1. The molecule has 1 amide bonds. The molecule has 1 aromatic carbocycles. The zero-order valence-corrected chi connectivity index (χ0v) is 25.3. The van der Waals surface area contributed by atoms with E-state index < -0.39 is 12.2 Å². The Bertz CT molecular complexity index is 1510. The first-order chi connectivity index (χ1) is 21.4. The maximum atomic E-state index is 13.3. The Kier molecular flexibility index (Phi) is 10.1. The molecule has 2 aliphatic rings. The van der Waals surface area contributed by atoms with E-state index in [-0.39, 0.29) is 30.7 Å². The Hall–Kier alpha value is -4.47. The third-order valence-corrected chi connectivity index (χ3v) is 8.16. The fourth-order valence-electron chi connectivity index (χ4n) is 5.65. The molecule has 5 rings (SSSR count). The lowest BCUT2D eigenvalue weighted by atomic mass is 10.0. The Labute approximate surface area is 256 Å². The van der Waals surface area contributed by atoms with Gasteiger partial charge in [0.25, 0.3) is 11.5 Å². The van der Waals surface area contributed by atoms with Gasteiger partial charge in [0.05, 0.1) is 44.2 Å². The van der Waals surface area contributed by atoms with Crippen molar-refractivity contribution in [2.24, 2.45) is 0 Å².